The SMILES string of the molecule is CC(=O)c1ccc(Oc2nc(C)nc(N3CCC(C)CC3)c2N)cc1. The number of anilines is 2. The van der Waals surface area contributed by atoms with Crippen LogP contribution in [-0.2, 0) is 0 Å². The van der Waals surface area contributed by atoms with Crippen LogP contribution in [0.2, 0.25) is 0 Å². The molecular weight excluding hydrogens is 316 g/mol. The van der Waals surface area contributed by atoms with E-state index in [4.69, 9.17) is 10.5 Å². The first-order valence-corrected chi connectivity index (χ1v) is 8.62. The Morgan fingerprint density at radius 3 is 2.44 bits per heavy atom. The van der Waals surface area contributed by atoms with Crippen LogP contribution in [0.15, 0.2) is 24.3 Å². The highest BCUT2D eigenvalue weighted by molar-refractivity contribution is 5.94. The van der Waals surface area contributed by atoms with Crippen molar-refractivity contribution in [3.63, 3.8) is 0 Å². The maximum absolute atomic E-state index is 11.4. The van der Waals surface area contributed by atoms with E-state index in [0.29, 0.717) is 28.7 Å². The minimum Gasteiger partial charge on any atom is -0.437 e. The molecule has 1 aromatic heterocycles. The summed E-state index contributed by atoms with van der Waals surface area (Å²) in [7, 11) is 0. The maximum Gasteiger partial charge on any atom is 0.248 e. The van der Waals surface area contributed by atoms with Gasteiger partial charge in [0.1, 0.15) is 17.3 Å². The molecule has 1 aromatic carbocycles. The highest BCUT2D eigenvalue weighted by Crippen LogP contribution is 2.34. The number of ketones is 1. The predicted molar refractivity (Wildman–Crippen MR) is 98.3 cm³/mol. The molecule has 0 aliphatic carbocycles. The number of piperidine rings is 1. The Hall–Kier alpha value is -2.63. The summed E-state index contributed by atoms with van der Waals surface area (Å²) in [5.41, 5.74) is 7.39. The van der Waals surface area contributed by atoms with Crippen molar-refractivity contribution in [3.05, 3.63) is 35.7 Å². The third-order valence-electron chi connectivity index (χ3n) is 4.56. The summed E-state index contributed by atoms with van der Waals surface area (Å²) >= 11 is 0. The Labute approximate surface area is 148 Å². The Morgan fingerprint density at radius 2 is 1.84 bits per heavy atom. The quantitative estimate of drug-likeness (QED) is 0.857. The molecule has 0 atom stereocenters. The number of rotatable bonds is 4. The lowest BCUT2D eigenvalue weighted by molar-refractivity contribution is 0.101. The van der Waals surface area contributed by atoms with Gasteiger partial charge in [-0.15, -0.1) is 0 Å². The third-order valence-corrected chi connectivity index (χ3v) is 4.56. The molecule has 0 amide bonds. The summed E-state index contributed by atoms with van der Waals surface area (Å²) in [6, 6.07) is 6.95. The first-order valence-electron chi connectivity index (χ1n) is 8.62. The molecule has 2 aromatic rings. The van der Waals surface area contributed by atoms with Crippen LogP contribution in [0.3, 0.4) is 0 Å². The van der Waals surface area contributed by atoms with Crippen LogP contribution >= 0.6 is 0 Å². The molecule has 132 valence electrons. The van der Waals surface area contributed by atoms with E-state index in [1.165, 1.54) is 6.92 Å². The molecule has 0 radical (unpaired) electrons. The van der Waals surface area contributed by atoms with Crippen LogP contribution in [0.25, 0.3) is 0 Å². The van der Waals surface area contributed by atoms with Gasteiger partial charge in [0.25, 0.3) is 0 Å². The van der Waals surface area contributed by atoms with Gasteiger partial charge in [0, 0.05) is 18.7 Å². The van der Waals surface area contributed by atoms with Crippen molar-refractivity contribution >= 4 is 17.3 Å². The number of hydrogen-bond acceptors (Lipinski definition) is 6. The molecule has 2 heterocycles. The van der Waals surface area contributed by atoms with Gasteiger partial charge in [0.2, 0.25) is 5.88 Å². The van der Waals surface area contributed by atoms with E-state index >= 15 is 0 Å². The molecule has 0 unspecified atom stereocenters. The van der Waals surface area contributed by atoms with Crippen LogP contribution in [0.1, 0.15) is 42.9 Å². The van der Waals surface area contributed by atoms with Gasteiger partial charge in [-0.1, -0.05) is 6.92 Å². The lowest BCUT2D eigenvalue weighted by Gasteiger charge is -2.32. The molecule has 25 heavy (non-hydrogen) atoms. The van der Waals surface area contributed by atoms with Gasteiger partial charge in [0.05, 0.1) is 0 Å². The molecule has 2 N–H and O–H groups in total. The van der Waals surface area contributed by atoms with Crippen molar-refractivity contribution in [3.8, 4) is 11.6 Å². The van der Waals surface area contributed by atoms with Gasteiger partial charge in [-0.05, 0) is 56.9 Å². The van der Waals surface area contributed by atoms with E-state index in [9.17, 15) is 4.79 Å². The zero-order valence-corrected chi connectivity index (χ0v) is 15.0. The summed E-state index contributed by atoms with van der Waals surface area (Å²) in [6.07, 6.45) is 2.26. The number of carbonyl (C=O) groups is 1. The second-order valence-electron chi connectivity index (χ2n) is 6.67. The molecule has 3 rings (SSSR count). The van der Waals surface area contributed by atoms with E-state index in [2.05, 4.69) is 21.8 Å². The van der Waals surface area contributed by atoms with Crippen molar-refractivity contribution < 1.29 is 9.53 Å². The molecule has 0 spiro atoms. The topological polar surface area (TPSA) is 81.3 Å². The van der Waals surface area contributed by atoms with E-state index in [1.807, 2.05) is 6.92 Å². The summed E-state index contributed by atoms with van der Waals surface area (Å²) in [4.78, 5) is 22.4. The molecule has 1 saturated heterocycles. The number of nitrogens with two attached hydrogens (primary N) is 1. The summed E-state index contributed by atoms with van der Waals surface area (Å²) in [6.45, 7) is 7.52. The zero-order chi connectivity index (χ0) is 18.0. The van der Waals surface area contributed by atoms with Gasteiger partial charge in [-0.25, -0.2) is 4.98 Å². The minimum atomic E-state index is 0.0190. The number of aryl methyl sites for hydroxylation is 1. The molecule has 0 bridgehead atoms. The monoisotopic (exact) mass is 340 g/mol. The van der Waals surface area contributed by atoms with Crippen LogP contribution < -0.4 is 15.4 Å². The van der Waals surface area contributed by atoms with Gasteiger partial charge in [0.15, 0.2) is 11.6 Å². The Balaban J connectivity index is 1.85. The molecular formula is C19H24N4O2. The smallest absolute Gasteiger partial charge is 0.248 e. The van der Waals surface area contributed by atoms with E-state index in [1.54, 1.807) is 24.3 Å². The number of benzene rings is 1. The van der Waals surface area contributed by atoms with Crippen LogP contribution in [0, 0.1) is 12.8 Å². The van der Waals surface area contributed by atoms with Gasteiger partial charge < -0.3 is 15.4 Å². The normalized spacial score (nSPS) is 15.2. The first kappa shape index (κ1) is 17.2. The molecule has 1 aliphatic rings. The number of Topliss-reactive ketones (excluding diaryl/α,β-unsaturated/α-hetero) is 1. The molecule has 0 saturated carbocycles. The molecule has 6 heteroatoms. The number of ether oxygens (including phenoxy) is 1. The van der Waals surface area contributed by atoms with E-state index in [-0.39, 0.29) is 5.78 Å². The fraction of sp³-hybridized carbons (Fsp3) is 0.421. The predicted octanol–water partition coefficient (Wildman–Crippen LogP) is 3.60. The Morgan fingerprint density at radius 1 is 1.20 bits per heavy atom. The van der Waals surface area contributed by atoms with Crippen LogP contribution in [0.5, 0.6) is 11.6 Å². The zero-order valence-electron chi connectivity index (χ0n) is 15.0. The van der Waals surface area contributed by atoms with Gasteiger partial charge >= 0.3 is 0 Å². The summed E-state index contributed by atoms with van der Waals surface area (Å²) in [5.74, 6) is 3.07. The fourth-order valence-electron chi connectivity index (χ4n) is 2.95. The van der Waals surface area contributed by atoms with Crippen molar-refractivity contribution in [2.24, 2.45) is 5.92 Å². The fourth-order valence-corrected chi connectivity index (χ4v) is 2.95. The van der Waals surface area contributed by atoms with Crippen molar-refractivity contribution in [2.45, 2.75) is 33.6 Å². The van der Waals surface area contributed by atoms with Crippen molar-refractivity contribution in [2.75, 3.05) is 23.7 Å². The number of nitrogen functional groups attached to an aromatic ring is 1. The average molecular weight is 340 g/mol. The number of hydrogen-bond donors (Lipinski definition) is 1. The highest BCUT2D eigenvalue weighted by Gasteiger charge is 2.22. The summed E-state index contributed by atoms with van der Waals surface area (Å²) < 4.78 is 5.86. The number of nitrogens with zero attached hydrogens (tertiary/aromatic N) is 3. The maximum atomic E-state index is 11.4. The van der Waals surface area contributed by atoms with Crippen molar-refractivity contribution in [1.29, 1.82) is 0 Å². The van der Waals surface area contributed by atoms with Crippen LogP contribution in [-0.4, -0.2) is 28.8 Å². The minimum absolute atomic E-state index is 0.0190. The highest BCUT2D eigenvalue weighted by atomic mass is 16.5. The Bertz CT molecular complexity index is 766. The second kappa shape index (κ2) is 7.09. The average Bonchev–Trinajstić information content (AvgIpc) is 2.59. The lowest BCUT2D eigenvalue weighted by atomic mass is 9.99. The standard InChI is InChI=1S/C19H24N4O2/c1-12-8-10-23(11-9-12)18-17(20)19(22-14(3)21-18)25-16-6-4-15(5-7-16)13(2)24/h4-7,12H,8-11,20H2,1-3H3. The summed E-state index contributed by atoms with van der Waals surface area (Å²) in [5, 5.41) is 0. The van der Waals surface area contributed by atoms with Gasteiger partial charge in [-0.2, -0.15) is 4.98 Å². The largest absolute Gasteiger partial charge is 0.437 e. The van der Waals surface area contributed by atoms with E-state index < -0.39 is 0 Å². The second-order valence-corrected chi connectivity index (χ2v) is 6.67. The van der Waals surface area contributed by atoms with Crippen molar-refractivity contribution in [1.82, 2.24) is 9.97 Å². The Kier molecular flexibility index (Phi) is 4.88. The van der Waals surface area contributed by atoms with Gasteiger partial charge in [-0.3, -0.25) is 4.79 Å². The lowest BCUT2D eigenvalue weighted by Crippen LogP contribution is -2.34. The number of aromatic nitrogens is 2. The molecule has 1 aliphatic heterocycles. The third kappa shape index (κ3) is 3.90. The molecule has 6 nitrogen and oxygen atoms in total. The number of carbonyl (C=O) groups excluding carboxylic acids is 1. The van der Waals surface area contributed by atoms with Crippen LogP contribution in [0.4, 0.5) is 11.5 Å². The molecule has 1 fully saturated rings. The first-order chi connectivity index (χ1) is 11.9. The van der Waals surface area contributed by atoms with E-state index in [0.717, 1.165) is 37.7 Å².